The van der Waals surface area contributed by atoms with Crippen molar-refractivity contribution in [3.63, 3.8) is 0 Å². The Bertz CT molecular complexity index is 299. The number of rotatable bonds is 4. The van der Waals surface area contributed by atoms with Gasteiger partial charge in [-0.3, -0.25) is 4.79 Å². The Kier molecular flexibility index (Phi) is 5.34. The van der Waals surface area contributed by atoms with E-state index in [0.717, 1.165) is 5.56 Å². The summed E-state index contributed by atoms with van der Waals surface area (Å²) in [6, 6.07) is 9.87. The Balaban J connectivity index is 2.75. The fraction of sp³-hybridized carbons (Fsp3) is 0.300. The van der Waals surface area contributed by atoms with Crippen molar-refractivity contribution in [1.82, 2.24) is 0 Å². The Hall–Kier alpha value is 0.330. The van der Waals surface area contributed by atoms with Crippen molar-refractivity contribution in [3.8, 4) is 0 Å². The van der Waals surface area contributed by atoms with Crippen LogP contribution in [0.3, 0.4) is 0 Å². The van der Waals surface area contributed by atoms with Crippen LogP contribution in [0.2, 0.25) is 0 Å². The zero-order valence-corrected chi connectivity index (χ0v) is 12.0. The van der Waals surface area contributed by atoms with Crippen molar-refractivity contribution in [3.05, 3.63) is 35.9 Å². The second-order valence-corrected chi connectivity index (χ2v) is 5.35. The number of alkyl halides is 3. The molecule has 0 spiro atoms. The van der Waals surface area contributed by atoms with Crippen molar-refractivity contribution >= 4 is 53.6 Å². The van der Waals surface area contributed by atoms with Gasteiger partial charge < -0.3 is 0 Å². The van der Waals surface area contributed by atoms with E-state index < -0.39 is 0 Å². The van der Waals surface area contributed by atoms with Gasteiger partial charge in [-0.15, -0.1) is 0 Å². The fourth-order valence-electron chi connectivity index (χ4n) is 1.04. The van der Waals surface area contributed by atoms with Gasteiger partial charge in [-0.2, -0.15) is 0 Å². The molecule has 4 heteroatoms. The lowest BCUT2D eigenvalue weighted by Crippen LogP contribution is -2.19. The van der Waals surface area contributed by atoms with E-state index in [4.69, 9.17) is 0 Å². The maximum absolute atomic E-state index is 11.4. The van der Waals surface area contributed by atoms with Gasteiger partial charge in [0.2, 0.25) is 0 Å². The highest BCUT2D eigenvalue weighted by atomic mass is 79.9. The zero-order valence-electron chi connectivity index (χ0n) is 7.29. The topological polar surface area (TPSA) is 17.1 Å². The van der Waals surface area contributed by atoms with Crippen LogP contribution in [0.1, 0.15) is 10.4 Å². The van der Waals surface area contributed by atoms with Crippen LogP contribution in [0, 0.1) is 0 Å². The van der Waals surface area contributed by atoms with Crippen LogP contribution in [0.15, 0.2) is 30.3 Å². The molecule has 14 heavy (non-hydrogen) atoms. The van der Waals surface area contributed by atoms with Crippen LogP contribution in [0.25, 0.3) is 0 Å². The maximum atomic E-state index is 11.4. The molecule has 0 saturated heterocycles. The molecule has 0 bridgehead atoms. The van der Waals surface area contributed by atoms with Crippen LogP contribution in [-0.2, 0) is 4.79 Å². The Morgan fingerprint density at radius 2 is 1.79 bits per heavy atom. The number of hydrogen-bond donors (Lipinski definition) is 0. The molecule has 0 aromatic heterocycles. The first kappa shape index (κ1) is 12.4. The summed E-state index contributed by atoms with van der Waals surface area (Å²) in [6.07, 6.45) is 0. The smallest absolute Gasteiger partial charge is 0.158 e. The molecule has 0 heterocycles. The van der Waals surface area contributed by atoms with Crippen molar-refractivity contribution < 1.29 is 4.79 Å². The molecule has 0 aliphatic rings. The van der Waals surface area contributed by atoms with Crippen molar-refractivity contribution in [2.45, 2.75) is 9.65 Å². The summed E-state index contributed by atoms with van der Waals surface area (Å²) >= 11 is 10.0. The largest absolute Gasteiger partial charge is 0.297 e. The highest BCUT2D eigenvalue weighted by molar-refractivity contribution is 9.12. The summed E-state index contributed by atoms with van der Waals surface area (Å²) in [5.74, 6) is 0.135. The third-order valence-electron chi connectivity index (χ3n) is 1.81. The first-order valence-corrected chi connectivity index (χ1v) is 7.04. The van der Waals surface area contributed by atoms with Crippen LogP contribution in [0.5, 0.6) is 0 Å². The highest BCUT2D eigenvalue weighted by Gasteiger charge is 2.23. The van der Waals surface area contributed by atoms with Crippen LogP contribution in [-0.4, -0.2) is 15.9 Å². The zero-order chi connectivity index (χ0) is 10.6. The standard InChI is InChI=1S/C10H9Br3O/c11-6-8(14)10(13)9(12)7-4-2-1-3-5-7/h1-5,9-10H,6H2. The normalized spacial score (nSPS) is 14.8. The SMILES string of the molecule is O=C(CBr)C(Br)C(Br)c1ccccc1. The summed E-state index contributed by atoms with van der Waals surface area (Å²) in [5, 5.41) is 0.373. The minimum Gasteiger partial charge on any atom is -0.297 e. The molecule has 76 valence electrons. The molecule has 0 N–H and O–H groups in total. The van der Waals surface area contributed by atoms with Crippen molar-refractivity contribution in [2.24, 2.45) is 0 Å². The Labute approximate surface area is 109 Å². The molecular formula is C10H9Br3O. The monoisotopic (exact) mass is 382 g/mol. The molecule has 0 saturated carbocycles. The molecule has 1 rings (SSSR count). The summed E-state index contributed by atoms with van der Waals surface area (Å²) in [6.45, 7) is 0. The van der Waals surface area contributed by atoms with Crippen LogP contribution in [0.4, 0.5) is 0 Å². The lowest BCUT2D eigenvalue weighted by molar-refractivity contribution is -0.115. The van der Waals surface area contributed by atoms with Gasteiger partial charge >= 0.3 is 0 Å². The second kappa shape index (κ2) is 6.03. The van der Waals surface area contributed by atoms with E-state index in [1.807, 2.05) is 30.3 Å². The molecular weight excluding hydrogens is 376 g/mol. The second-order valence-electron chi connectivity index (χ2n) is 2.81. The van der Waals surface area contributed by atoms with Gasteiger partial charge in [-0.1, -0.05) is 78.1 Å². The lowest BCUT2D eigenvalue weighted by Gasteiger charge is -2.14. The van der Waals surface area contributed by atoms with Gasteiger partial charge in [0.15, 0.2) is 5.78 Å². The minimum atomic E-state index is -0.190. The van der Waals surface area contributed by atoms with E-state index in [9.17, 15) is 4.79 Å². The molecule has 1 aromatic carbocycles. The van der Waals surface area contributed by atoms with E-state index in [1.165, 1.54) is 0 Å². The van der Waals surface area contributed by atoms with E-state index >= 15 is 0 Å². The third kappa shape index (κ3) is 3.17. The summed E-state index contributed by atoms with van der Waals surface area (Å²) in [5.41, 5.74) is 1.10. The lowest BCUT2D eigenvalue weighted by atomic mass is 10.1. The summed E-state index contributed by atoms with van der Waals surface area (Å²) in [4.78, 5) is 11.2. The average Bonchev–Trinajstić information content (AvgIpc) is 2.27. The minimum absolute atomic E-state index is 0.0220. The average molecular weight is 385 g/mol. The van der Waals surface area contributed by atoms with E-state index in [1.54, 1.807) is 0 Å². The first-order valence-electron chi connectivity index (χ1n) is 4.08. The molecule has 1 nitrogen and oxygen atoms in total. The Morgan fingerprint density at radius 3 is 2.29 bits per heavy atom. The predicted molar refractivity (Wildman–Crippen MR) is 69.6 cm³/mol. The molecule has 0 fully saturated rings. The maximum Gasteiger partial charge on any atom is 0.158 e. The quantitative estimate of drug-likeness (QED) is 0.721. The number of hydrogen-bond acceptors (Lipinski definition) is 1. The molecule has 1 aromatic rings. The fourth-order valence-corrected chi connectivity index (χ4v) is 2.89. The highest BCUT2D eigenvalue weighted by Crippen LogP contribution is 2.31. The Morgan fingerprint density at radius 1 is 1.21 bits per heavy atom. The number of Topliss-reactive ketones (excluding diaryl/α,β-unsaturated/α-hetero) is 1. The van der Waals surface area contributed by atoms with Crippen molar-refractivity contribution in [2.75, 3.05) is 5.33 Å². The number of ketones is 1. The molecule has 0 aliphatic carbocycles. The van der Waals surface area contributed by atoms with E-state index in [0.29, 0.717) is 5.33 Å². The van der Waals surface area contributed by atoms with Gasteiger partial charge in [0.1, 0.15) is 0 Å². The van der Waals surface area contributed by atoms with Gasteiger partial charge in [-0.25, -0.2) is 0 Å². The third-order valence-corrected chi connectivity index (χ3v) is 5.17. The van der Waals surface area contributed by atoms with Gasteiger partial charge in [0, 0.05) is 0 Å². The van der Waals surface area contributed by atoms with Gasteiger partial charge in [0.05, 0.1) is 15.0 Å². The van der Waals surface area contributed by atoms with Crippen LogP contribution >= 0.6 is 47.8 Å². The number of carbonyl (C=O) groups is 1. The summed E-state index contributed by atoms with van der Waals surface area (Å²) in [7, 11) is 0. The number of benzene rings is 1. The molecule has 0 amide bonds. The number of halogens is 3. The molecule has 2 atom stereocenters. The van der Waals surface area contributed by atoms with Crippen molar-refractivity contribution in [1.29, 1.82) is 0 Å². The predicted octanol–water partition coefficient (Wildman–Crippen LogP) is 3.85. The first-order chi connectivity index (χ1) is 6.66. The van der Waals surface area contributed by atoms with Gasteiger partial charge in [0.25, 0.3) is 0 Å². The molecule has 2 unspecified atom stereocenters. The summed E-state index contributed by atoms with van der Waals surface area (Å²) < 4.78 is 0. The number of carbonyl (C=O) groups excluding carboxylic acids is 1. The van der Waals surface area contributed by atoms with E-state index in [2.05, 4.69) is 47.8 Å². The molecule has 0 radical (unpaired) electrons. The van der Waals surface area contributed by atoms with E-state index in [-0.39, 0.29) is 15.4 Å². The van der Waals surface area contributed by atoms with Gasteiger partial charge in [-0.05, 0) is 5.56 Å². The molecule has 0 aliphatic heterocycles. The van der Waals surface area contributed by atoms with Crippen LogP contribution < -0.4 is 0 Å².